The number of thiazole rings is 1. The number of amides is 3. The van der Waals surface area contributed by atoms with E-state index in [2.05, 4.69) is 20.9 Å². The fraction of sp³-hybridized carbons (Fsp3) is 0.296. The summed E-state index contributed by atoms with van der Waals surface area (Å²) in [4.78, 5) is 55.0. The Morgan fingerprint density at radius 2 is 1.68 bits per heavy atom. The summed E-state index contributed by atoms with van der Waals surface area (Å²) in [6.45, 7) is 4.84. The smallest absolute Gasteiger partial charge is 0.418 e. The van der Waals surface area contributed by atoms with Crippen molar-refractivity contribution in [1.29, 1.82) is 0 Å². The van der Waals surface area contributed by atoms with Crippen molar-refractivity contribution in [3.63, 3.8) is 0 Å². The minimum Gasteiger partial charge on any atom is -0.444 e. The van der Waals surface area contributed by atoms with Gasteiger partial charge >= 0.3 is 12.3 Å². The van der Waals surface area contributed by atoms with Crippen LogP contribution in [0.25, 0.3) is 0 Å². The quantitative estimate of drug-likeness (QED) is 0.230. The number of aromatic nitrogens is 1. The van der Waals surface area contributed by atoms with E-state index in [1.165, 1.54) is 6.20 Å². The Kier molecular flexibility index (Phi) is 9.64. The number of hydrogen-bond donors (Lipinski definition) is 3. The van der Waals surface area contributed by atoms with Crippen molar-refractivity contribution < 1.29 is 37.1 Å². The van der Waals surface area contributed by atoms with Crippen LogP contribution in [-0.4, -0.2) is 40.3 Å². The Hall–Kier alpha value is -4.26. The van der Waals surface area contributed by atoms with Gasteiger partial charge in [-0.2, -0.15) is 13.2 Å². The summed E-state index contributed by atoms with van der Waals surface area (Å²) in [5, 5.41) is 8.78. The highest BCUT2D eigenvalue weighted by Crippen LogP contribution is 2.37. The van der Waals surface area contributed by atoms with Crippen LogP contribution in [0.5, 0.6) is 0 Å². The van der Waals surface area contributed by atoms with Crippen molar-refractivity contribution in [3.05, 3.63) is 76.8 Å². The molecule has 3 rings (SSSR count). The third kappa shape index (κ3) is 8.90. The van der Waals surface area contributed by atoms with Crippen LogP contribution in [0.15, 0.2) is 60.1 Å². The van der Waals surface area contributed by atoms with E-state index in [0.29, 0.717) is 11.6 Å². The average molecular weight is 577 g/mol. The Morgan fingerprint density at radius 1 is 0.975 bits per heavy atom. The van der Waals surface area contributed by atoms with Crippen LogP contribution in [0.2, 0.25) is 0 Å². The van der Waals surface area contributed by atoms with Crippen molar-refractivity contribution in [1.82, 2.24) is 10.3 Å². The predicted octanol–water partition coefficient (Wildman–Crippen LogP) is 5.45. The molecule has 0 bridgehead atoms. The number of halogens is 3. The van der Waals surface area contributed by atoms with Gasteiger partial charge in [-0.3, -0.25) is 14.4 Å². The summed E-state index contributed by atoms with van der Waals surface area (Å²) in [6, 6.07) is 9.91. The van der Waals surface area contributed by atoms with Gasteiger partial charge < -0.3 is 20.7 Å². The molecule has 3 amide bonds. The van der Waals surface area contributed by atoms with Gasteiger partial charge in [-0.15, -0.1) is 11.3 Å². The lowest BCUT2D eigenvalue weighted by Gasteiger charge is -2.24. The second-order valence-electron chi connectivity index (χ2n) is 9.59. The van der Waals surface area contributed by atoms with E-state index < -0.39 is 64.7 Å². The lowest BCUT2D eigenvalue weighted by atomic mass is 9.99. The third-order valence-electron chi connectivity index (χ3n) is 5.21. The average Bonchev–Trinajstić information content (AvgIpc) is 3.35. The molecule has 0 radical (unpaired) electrons. The highest BCUT2D eigenvalue weighted by Gasteiger charge is 2.37. The lowest BCUT2D eigenvalue weighted by molar-refractivity contribution is -0.137. The summed E-state index contributed by atoms with van der Waals surface area (Å²) >= 11 is 1.10. The number of alkyl halides is 3. The number of alkyl carbamates (subject to hydrolysis) is 1. The standard InChI is InChI=1S/C27H27F3N4O5S/c1-26(2,3)39-25(38)32-19(14-16-8-5-4-6-9-16)23(37)34-22-17(10-7-11-18(22)27(28,29)30)20(35)15-21(36)33-24-31-12-13-40-24/h4-13,19H,14-15H2,1-3H3,(H,32,38)(H,34,37)(H,31,33,36)/t19-/m0/s1. The molecule has 0 aliphatic carbocycles. The number of ether oxygens (including phenoxy) is 1. The topological polar surface area (TPSA) is 126 Å². The zero-order valence-corrected chi connectivity index (χ0v) is 22.6. The van der Waals surface area contributed by atoms with Crippen molar-refractivity contribution >= 4 is 45.8 Å². The first-order chi connectivity index (χ1) is 18.7. The molecule has 0 aliphatic rings. The number of carbonyl (C=O) groups is 4. The molecule has 1 heterocycles. The van der Waals surface area contributed by atoms with Gasteiger partial charge in [0.2, 0.25) is 11.8 Å². The number of para-hydroxylation sites is 1. The van der Waals surface area contributed by atoms with Crippen LogP contribution in [-0.2, 0) is 26.9 Å². The number of nitrogens with zero attached hydrogens (tertiary/aromatic N) is 1. The Morgan fingerprint density at radius 3 is 2.27 bits per heavy atom. The fourth-order valence-corrected chi connectivity index (χ4v) is 4.11. The molecule has 0 spiro atoms. The minimum absolute atomic E-state index is 0.0837. The molecule has 3 aromatic rings. The number of benzene rings is 2. The Labute approximate surface area is 232 Å². The SMILES string of the molecule is CC(C)(C)OC(=O)N[C@@H](Cc1ccccc1)C(=O)Nc1c(C(=O)CC(=O)Nc2nccs2)cccc1C(F)(F)F. The van der Waals surface area contributed by atoms with Gasteiger partial charge in [0, 0.05) is 23.6 Å². The Bertz CT molecular complexity index is 1360. The molecule has 13 heteroatoms. The first-order valence-corrected chi connectivity index (χ1v) is 12.9. The Balaban J connectivity index is 1.92. The van der Waals surface area contributed by atoms with Gasteiger partial charge in [-0.1, -0.05) is 36.4 Å². The lowest BCUT2D eigenvalue weighted by Crippen LogP contribution is -2.47. The van der Waals surface area contributed by atoms with E-state index in [-0.39, 0.29) is 11.6 Å². The van der Waals surface area contributed by atoms with E-state index in [9.17, 15) is 32.3 Å². The molecule has 3 N–H and O–H groups in total. The van der Waals surface area contributed by atoms with Gasteiger partial charge in [0.15, 0.2) is 10.9 Å². The summed E-state index contributed by atoms with van der Waals surface area (Å²) in [6.07, 6.45) is -5.36. The minimum atomic E-state index is -4.95. The first kappa shape index (κ1) is 30.3. The van der Waals surface area contributed by atoms with Gasteiger partial charge in [0.05, 0.1) is 17.7 Å². The van der Waals surface area contributed by atoms with Crippen LogP contribution in [0.1, 0.15) is 48.7 Å². The molecule has 0 unspecified atom stereocenters. The molecule has 40 heavy (non-hydrogen) atoms. The zero-order valence-electron chi connectivity index (χ0n) is 21.8. The molecule has 0 saturated heterocycles. The van der Waals surface area contributed by atoms with Crippen LogP contribution in [0.3, 0.4) is 0 Å². The molecule has 212 valence electrons. The molecular formula is C27H27F3N4O5S. The zero-order chi connectivity index (χ0) is 29.5. The molecule has 0 fully saturated rings. The van der Waals surface area contributed by atoms with Crippen molar-refractivity contribution in [2.24, 2.45) is 0 Å². The van der Waals surface area contributed by atoms with Crippen LogP contribution in [0, 0.1) is 0 Å². The maximum absolute atomic E-state index is 14.0. The predicted molar refractivity (Wildman–Crippen MR) is 143 cm³/mol. The normalized spacial score (nSPS) is 12.2. The molecule has 1 atom stereocenters. The van der Waals surface area contributed by atoms with E-state index >= 15 is 0 Å². The first-order valence-electron chi connectivity index (χ1n) is 12.0. The number of carbonyl (C=O) groups excluding carboxylic acids is 4. The van der Waals surface area contributed by atoms with Crippen molar-refractivity contribution in [2.75, 3.05) is 10.6 Å². The number of anilines is 2. The van der Waals surface area contributed by atoms with Crippen LogP contribution < -0.4 is 16.0 Å². The maximum atomic E-state index is 14.0. The summed E-state index contributed by atoms with van der Waals surface area (Å²) in [5.74, 6) is -2.77. The summed E-state index contributed by atoms with van der Waals surface area (Å²) in [5.41, 5.74) is -2.93. The van der Waals surface area contributed by atoms with E-state index in [4.69, 9.17) is 4.74 Å². The number of rotatable bonds is 9. The molecule has 0 aliphatic heterocycles. The highest BCUT2D eigenvalue weighted by atomic mass is 32.1. The molecular weight excluding hydrogens is 549 g/mol. The number of hydrogen-bond acceptors (Lipinski definition) is 7. The number of nitrogens with one attached hydrogen (secondary N) is 3. The second kappa shape index (κ2) is 12.7. The van der Waals surface area contributed by atoms with E-state index in [0.717, 1.165) is 23.5 Å². The largest absolute Gasteiger partial charge is 0.444 e. The van der Waals surface area contributed by atoms with Crippen molar-refractivity contribution in [3.8, 4) is 0 Å². The molecule has 1 aromatic heterocycles. The number of Topliss-reactive ketones (excluding diaryl/α,β-unsaturated/α-hetero) is 1. The van der Waals surface area contributed by atoms with Gasteiger partial charge in [-0.05, 0) is 38.5 Å². The highest BCUT2D eigenvalue weighted by molar-refractivity contribution is 7.13. The number of ketones is 1. The summed E-state index contributed by atoms with van der Waals surface area (Å²) in [7, 11) is 0. The van der Waals surface area contributed by atoms with E-state index in [1.54, 1.807) is 56.5 Å². The van der Waals surface area contributed by atoms with Crippen LogP contribution >= 0.6 is 11.3 Å². The van der Waals surface area contributed by atoms with Crippen molar-refractivity contribution in [2.45, 2.75) is 51.4 Å². The van der Waals surface area contributed by atoms with Gasteiger partial charge in [-0.25, -0.2) is 9.78 Å². The molecule has 0 saturated carbocycles. The fourth-order valence-electron chi connectivity index (χ4n) is 3.56. The maximum Gasteiger partial charge on any atom is 0.418 e. The molecule has 9 nitrogen and oxygen atoms in total. The van der Waals surface area contributed by atoms with Crippen LogP contribution in [0.4, 0.5) is 28.8 Å². The second-order valence-corrected chi connectivity index (χ2v) is 10.5. The van der Waals surface area contributed by atoms with Gasteiger partial charge in [0.25, 0.3) is 0 Å². The van der Waals surface area contributed by atoms with Gasteiger partial charge in [0.1, 0.15) is 11.6 Å². The van der Waals surface area contributed by atoms with E-state index in [1.807, 2.05) is 0 Å². The summed E-state index contributed by atoms with van der Waals surface area (Å²) < 4.78 is 47.1. The monoisotopic (exact) mass is 576 g/mol. The third-order valence-corrected chi connectivity index (χ3v) is 5.90. The molecule has 2 aromatic carbocycles.